The smallest absolute Gasteiger partial charge is 0.241 e. The van der Waals surface area contributed by atoms with E-state index in [4.69, 9.17) is 0 Å². The number of anilines is 1. The minimum Gasteiger partial charge on any atom is -0.323 e. The Bertz CT molecular complexity index is 600. The van der Waals surface area contributed by atoms with E-state index in [0.29, 0.717) is 17.4 Å². The van der Waals surface area contributed by atoms with Gasteiger partial charge in [0.1, 0.15) is 12.7 Å². The van der Waals surface area contributed by atoms with Crippen LogP contribution in [0.4, 0.5) is 5.69 Å². The van der Waals surface area contributed by atoms with Gasteiger partial charge in [0.25, 0.3) is 0 Å². The van der Waals surface area contributed by atoms with Gasteiger partial charge in [-0.15, -0.1) is 12.4 Å². The molecule has 3 heterocycles. The first kappa shape index (κ1) is 16.4. The molecule has 0 spiro atoms. The highest BCUT2D eigenvalue weighted by molar-refractivity contribution is 5.94. The predicted octanol–water partition coefficient (Wildman–Crippen LogP) is 1.41. The van der Waals surface area contributed by atoms with Crippen molar-refractivity contribution in [1.82, 2.24) is 25.1 Å². The molecule has 2 N–H and O–H groups in total. The van der Waals surface area contributed by atoms with E-state index in [2.05, 4.69) is 32.6 Å². The number of rotatable bonds is 3. The van der Waals surface area contributed by atoms with Crippen molar-refractivity contribution in [1.29, 1.82) is 0 Å². The number of amides is 1. The second kappa shape index (κ2) is 7.33. The largest absolute Gasteiger partial charge is 0.323 e. The lowest BCUT2D eigenvalue weighted by atomic mass is 9.94. The third-order valence-corrected chi connectivity index (χ3v) is 3.65. The van der Waals surface area contributed by atoms with Gasteiger partial charge in [0.15, 0.2) is 5.82 Å². The van der Waals surface area contributed by atoms with Gasteiger partial charge in [-0.3, -0.25) is 4.79 Å². The molecule has 0 aliphatic carbocycles. The fourth-order valence-electron chi connectivity index (χ4n) is 2.46. The van der Waals surface area contributed by atoms with E-state index in [9.17, 15) is 4.79 Å². The molecule has 0 radical (unpaired) electrons. The van der Waals surface area contributed by atoms with Crippen molar-refractivity contribution in [2.75, 3.05) is 11.9 Å². The molecule has 0 saturated carbocycles. The van der Waals surface area contributed by atoms with Gasteiger partial charge in [-0.05, 0) is 37.4 Å². The van der Waals surface area contributed by atoms with Gasteiger partial charge in [0.05, 0.1) is 17.9 Å². The molecule has 8 heteroatoms. The van der Waals surface area contributed by atoms with Crippen LogP contribution in [-0.2, 0) is 4.79 Å². The van der Waals surface area contributed by atoms with Gasteiger partial charge >= 0.3 is 0 Å². The number of halogens is 1. The molecule has 1 aliphatic heterocycles. The topological polar surface area (TPSA) is 84.7 Å². The van der Waals surface area contributed by atoms with Crippen LogP contribution in [-0.4, -0.2) is 38.2 Å². The number of pyridine rings is 1. The first-order valence-electron chi connectivity index (χ1n) is 7.07. The Labute approximate surface area is 134 Å². The van der Waals surface area contributed by atoms with Gasteiger partial charge in [-0.1, -0.05) is 6.92 Å². The summed E-state index contributed by atoms with van der Waals surface area (Å²) in [7, 11) is 0. The van der Waals surface area contributed by atoms with Crippen LogP contribution in [0.2, 0.25) is 0 Å². The van der Waals surface area contributed by atoms with E-state index < -0.39 is 0 Å². The maximum atomic E-state index is 12.2. The summed E-state index contributed by atoms with van der Waals surface area (Å²) >= 11 is 0. The average molecular weight is 323 g/mol. The quantitative estimate of drug-likeness (QED) is 0.892. The van der Waals surface area contributed by atoms with Crippen LogP contribution < -0.4 is 10.6 Å². The molecule has 0 bridgehead atoms. The maximum Gasteiger partial charge on any atom is 0.241 e. The zero-order valence-corrected chi connectivity index (χ0v) is 13.1. The molecule has 0 aromatic carbocycles. The van der Waals surface area contributed by atoms with Crippen molar-refractivity contribution in [3.63, 3.8) is 0 Å². The molecule has 1 amide bonds. The van der Waals surface area contributed by atoms with Gasteiger partial charge < -0.3 is 10.6 Å². The van der Waals surface area contributed by atoms with Gasteiger partial charge in [-0.2, -0.15) is 5.10 Å². The Morgan fingerprint density at radius 1 is 1.45 bits per heavy atom. The second-order valence-electron chi connectivity index (χ2n) is 5.37. The number of piperidine rings is 1. The molecule has 2 atom stereocenters. The molecule has 2 unspecified atom stereocenters. The molecule has 1 fully saturated rings. The Balaban J connectivity index is 0.00000176. The predicted molar refractivity (Wildman–Crippen MR) is 85.2 cm³/mol. The summed E-state index contributed by atoms with van der Waals surface area (Å²) < 4.78 is 1.57. The number of hydrogen-bond acceptors (Lipinski definition) is 5. The van der Waals surface area contributed by atoms with Crippen molar-refractivity contribution in [2.24, 2.45) is 5.92 Å². The van der Waals surface area contributed by atoms with Crippen LogP contribution >= 0.6 is 12.4 Å². The minimum absolute atomic E-state index is 0. The van der Waals surface area contributed by atoms with Crippen LogP contribution in [0.1, 0.15) is 19.8 Å². The summed E-state index contributed by atoms with van der Waals surface area (Å²) in [4.78, 5) is 20.3. The molecule has 2 aromatic rings. The van der Waals surface area contributed by atoms with E-state index in [1.54, 1.807) is 23.3 Å². The molecule has 7 nitrogen and oxygen atoms in total. The summed E-state index contributed by atoms with van der Waals surface area (Å²) in [5, 5.41) is 10.1. The Morgan fingerprint density at radius 3 is 2.95 bits per heavy atom. The van der Waals surface area contributed by atoms with Gasteiger partial charge in [0, 0.05) is 0 Å². The van der Waals surface area contributed by atoms with Crippen LogP contribution in [0.15, 0.2) is 31.0 Å². The van der Waals surface area contributed by atoms with Crippen molar-refractivity contribution in [2.45, 2.75) is 25.8 Å². The standard InChI is InChI=1S/C14H18N6O.ClH/c1-10-4-5-16-12(6-10)14(21)19-11-2-3-13(17-7-11)20-9-15-8-18-20;/h2-3,7-10,12,16H,4-6H2,1H3,(H,19,21);1H. The summed E-state index contributed by atoms with van der Waals surface area (Å²) in [6.45, 7) is 3.07. The number of nitrogens with one attached hydrogen (secondary N) is 2. The van der Waals surface area contributed by atoms with E-state index in [1.807, 2.05) is 6.07 Å². The van der Waals surface area contributed by atoms with Crippen LogP contribution in [0, 0.1) is 5.92 Å². The summed E-state index contributed by atoms with van der Waals surface area (Å²) in [5.74, 6) is 1.24. The highest BCUT2D eigenvalue weighted by atomic mass is 35.5. The number of carbonyl (C=O) groups excluding carboxylic acids is 1. The van der Waals surface area contributed by atoms with Crippen molar-refractivity contribution in [3.8, 4) is 5.82 Å². The number of carbonyl (C=O) groups is 1. The normalized spacial score (nSPS) is 21.0. The van der Waals surface area contributed by atoms with Gasteiger partial charge in [-0.25, -0.2) is 14.6 Å². The van der Waals surface area contributed by atoms with Crippen LogP contribution in [0.25, 0.3) is 5.82 Å². The Kier molecular flexibility index (Phi) is 5.46. The Morgan fingerprint density at radius 2 is 2.32 bits per heavy atom. The molecule has 118 valence electrons. The molecule has 1 saturated heterocycles. The van der Waals surface area contributed by atoms with Crippen LogP contribution in [0.3, 0.4) is 0 Å². The molecular formula is C14H19ClN6O. The van der Waals surface area contributed by atoms with Gasteiger partial charge in [0.2, 0.25) is 5.91 Å². The fourth-order valence-corrected chi connectivity index (χ4v) is 2.46. The highest BCUT2D eigenvalue weighted by Gasteiger charge is 2.24. The maximum absolute atomic E-state index is 12.2. The van der Waals surface area contributed by atoms with Crippen molar-refractivity contribution >= 4 is 24.0 Å². The fraction of sp³-hybridized carbons (Fsp3) is 0.429. The molecule has 2 aromatic heterocycles. The lowest BCUT2D eigenvalue weighted by molar-refractivity contribution is -0.119. The lowest BCUT2D eigenvalue weighted by Gasteiger charge is -2.27. The summed E-state index contributed by atoms with van der Waals surface area (Å²) in [5.41, 5.74) is 0.684. The number of aromatic nitrogens is 4. The number of hydrogen-bond donors (Lipinski definition) is 2. The molecule has 3 rings (SSSR count). The SMILES string of the molecule is CC1CCNC(C(=O)Nc2ccc(-n3cncn3)nc2)C1.Cl. The zero-order valence-electron chi connectivity index (χ0n) is 12.3. The first-order chi connectivity index (χ1) is 10.2. The molecule has 22 heavy (non-hydrogen) atoms. The summed E-state index contributed by atoms with van der Waals surface area (Å²) in [6.07, 6.45) is 6.65. The second-order valence-corrected chi connectivity index (χ2v) is 5.37. The van der Waals surface area contributed by atoms with Crippen molar-refractivity contribution < 1.29 is 4.79 Å². The minimum atomic E-state index is -0.122. The van der Waals surface area contributed by atoms with E-state index in [1.165, 1.54) is 6.33 Å². The van der Waals surface area contributed by atoms with Crippen molar-refractivity contribution in [3.05, 3.63) is 31.0 Å². The molecular weight excluding hydrogens is 304 g/mol. The third kappa shape index (κ3) is 3.80. The molecule has 1 aliphatic rings. The Hall–Kier alpha value is -1.99. The highest BCUT2D eigenvalue weighted by Crippen LogP contribution is 2.16. The summed E-state index contributed by atoms with van der Waals surface area (Å²) in [6, 6.07) is 3.48. The third-order valence-electron chi connectivity index (χ3n) is 3.65. The first-order valence-corrected chi connectivity index (χ1v) is 7.07. The van der Waals surface area contributed by atoms with E-state index in [0.717, 1.165) is 19.4 Å². The van der Waals surface area contributed by atoms with Crippen LogP contribution in [0.5, 0.6) is 0 Å². The lowest BCUT2D eigenvalue weighted by Crippen LogP contribution is -2.45. The average Bonchev–Trinajstić information content (AvgIpc) is 3.02. The van der Waals surface area contributed by atoms with E-state index in [-0.39, 0.29) is 24.4 Å². The van der Waals surface area contributed by atoms with E-state index >= 15 is 0 Å². The number of nitrogens with zero attached hydrogens (tertiary/aromatic N) is 4. The monoisotopic (exact) mass is 322 g/mol. The zero-order chi connectivity index (χ0) is 14.7.